The molecule has 1 aromatic heterocycles. The van der Waals surface area contributed by atoms with Crippen LogP contribution < -0.4 is 11.1 Å². The highest BCUT2D eigenvalue weighted by Gasteiger charge is 2.13. The second kappa shape index (κ2) is 5.99. The van der Waals surface area contributed by atoms with Crippen LogP contribution in [0.2, 0.25) is 5.02 Å². The van der Waals surface area contributed by atoms with E-state index in [0.717, 1.165) is 11.4 Å². The Balaban J connectivity index is 2.29. The maximum atomic E-state index is 6.13. The third-order valence-corrected chi connectivity index (χ3v) is 3.28. The summed E-state index contributed by atoms with van der Waals surface area (Å²) in [6.45, 7) is 2.02. The van der Waals surface area contributed by atoms with E-state index in [1.807, 2.05) is 37.3 Å². The number of nitrogens with zero attached hydrogens (tertiary/aromatic N) is 1. The number of thiocarbonyl (C=S) groups is 1. The van der Waals surface area contributed by atoms with Crippen molar-refractivity contribution in [2.75, 3.05) is 5.32 Å². The molecule has 0 radical (unpaired) electrons. The first-order valence-corrected chi connectivity index (χ1v) is 6.64. The van der Waals surface area contributed by atoms with E-state index in [1.54, 1.807) is 12.3 Å². The number of benzene rings is 1. The molecular weight excluding hydrogens is 278 g/mol. The second-order valence-electron chi connectivity index (χ2n) is 4.15. The van der Waals surface area contributed by atoms with Gasteiger partial charge in [-0.2, -0.15) is 0 Å². The van der Waals surface area contributed by atoms with Gasteiger partial charge in [-0.1, -0.05) is 36.0 Å². The van der Waals surface area contributed by atoms with Crippen molar-refractivity contribution in [2.45, 2.75) is 13.0 Å². The zero-order chi connectivity index (χ0) is 13.8. The molecule has 0 amide bonds. The number of aromatic nitrogens is 1. The Morgan fingerprint density at radius 3 is 2.74 bits per heavy atom. The molecule has 0 bridgehead atoms. The van der Waals surface area contributed by atoms with Crippen molar-refractivity contribution in [3.63, 3.8) is 0 Å². The summed E-state index contributed by atoms with van der Waals surface area (Å²) in [4.78, 5) is 4.59. The fourth-order valence-electron chi connectivity index (χ4n) is 1.83. The van der Waals surface area contributed by atoms with Crippen molar-refractivity contribution in [3.8, 4) is 0 Å². The lowest BCUT2D eigenvalue weighted by Gasteiger charge is -2.18. The Morgan fingerprint density at radius 2 is 2.11 bits per heavy atom. The lowest BCUT2D eigenvalue weighted by molar-refractivity contribution is 0.839. The number of anilines is 1. The molecule has 3 nitrogen and oxygen atoms in total. The molecule has 98 valence electrons. The van der Waals surface area contributed by atoms with E-state index in [0.29, 0.717) is 10.6 Å². The van der Waals surface area contributed by atoms with Gasteiger partial charge < -0.3 is 11.1 Å². The largest absolute Gasteiger partial charge is 0.389 e. The molecule has 0 aliphatic rings. The Labute approximate surface area is 122 Å². The smallest absolute Gasteiger partial charge is 0.107 e. The van der Waals surface area contributed by atoms with E-state index in [2.05, 4.69) is 10.3 Å². The van der Waals surface area contributed by atoms with E-state index in [4.69, 9.17) is 29.6 Å². The molecule has 1 unspecified atom stereocenters. The predicted octanol–water partition coefficient (Wildman–Crippen LogP) is 3.54. The molecule has 0 aliphatic heterocycles. The highest BCUT2D eigenvalue weighted by Crippen LogP contribution is 2.27. The molecule has 0 saturated heterocycles. The van der Waals surface area contributed by atoms with Crippen LogP contribution in [0.3, 0.4) is 0 Å². The van der Waals surface area contributed by atoms with E-state index in [-0.39, 0.29) is 11.0 Å². The van der Waals surface area contributed by atoms with Crippen molar-refractivity contribution >= 4 is 34.5 Å². The van der Waals surface area contributed by atoms with Gasteiger partial charge in [-0.05, 0) is 31.2 Å². The summed E-state index contributed by atoms with van der Waals surface area (Å²) < 4.78 is 0. The van der Waals surface area contributed by atoms with Crippen LogP contribution in [0.4, 0.5) is 5.69 Å². The average Bonchev–Trinajstić information content (AvgIpc) is 2.39. The molecule has 2 rings (SSSR count). The van der Waals surface area contributed by atoms with E-state index >= 15 is 0 Å². The standard InChI is InChI=1S/C14H14ClN3S/c1-9(11-6-2-3-8-17-11)18-12-7-4-5-10(15)13(12)14(16)19/h2-9,18H,1H3,(H2,16,19). The van der Waals surface area contributed by atoms with Gasteiger partial charge in [0, 0.05) is 11.9 Å². The lowest BCUT2D eigenvalue weighted by Crippen LogP contribution is -2.16. The monoisotopic (exact) mass is 291 g/mol. The highest BCUT2D eigenvalue weighted by molar-refractivity contribution is 7.80. The van der Waals surface area contributed by atoms with Crippen LogP contribution in [-0.4, -0.2) is 9.97 Å². The summed E-state index contributed by atoms with van der Waals surface area (Å²) in [5, 5.41) is 3.88. The highest BCUT2D eigenvalue weighted by atomic mass is 35.5. The van der Waals surface area contributed by atoms with E-state index in [1.165, 1.54) is 0 Å². The number of nitrogens with one attached hydrogen (secondary N) is 1. The number of pyridine rings is 1. The van der Waals surface area contributed by atoms with Gasteiger partial charge in [0.05, 0.1) is 22.3 Å². The van der Waals surface area contributed by atoms with Crippen LogP contribution in [0.25, 0.3) is 0 Å². The lowest BCUT2D eigenvalue weighted by atomic mass is 10.1. The second-order valence-corrected chi connectivity index (χ2v) is 4.99. The van der Waals surface area contributed by atoms with Crippen LogP contribution >= 0.6 is 23.8 Å². The molecular formula is C14H14ClN3S. The molecule has 5 heteroatoms. The van der Waals surface area contributed by atoms with Gasteiger partial charge in [0.15, 0.2) is 0 Å². The first-order chi connectivity index (χ1) is 9.09. The van der Waals surface area contributed by atoms with E-state index < -0.39 is 0 Å². The molecule has 0 saturated carbocycles. The van der Waals surface area contributed by atoms with Gasteiger partial charge in [0.1, 0.15) is 4.99 Å². The zero-order valence-electron chi connectivity index (χ0n) is 10.4. The minimum absolute atomic E-state index is 0.0350. The Kier molecular flexibility index (Phi) is 4.35. The Bertz CT molecular complexity index is 586. The van der Waals surface area contributed by atoms with E-state index in [9.17, 15) is 0 Å². The van der Waals surface area contributed by atoms with Crippen molar-refractivity contribution in [1.82, 2.24) is 4.98 Å². The quantitative estimate of drug-likeness (QED) is 0.846. The summed E-state index contributed by atoms with van der Waals surface area (Å²) in [6.07, 6.45) is 1.76. The maximum Gasteiger partial charge on any atom is 0.107 e. The van der Waals surface area contributed by atoms with Crippen LogP contribution in [0, 0.1) is 0 Å². The van der Waals surface area contributed by atoms with Crippen molar-refractivity contribution < 1.29 is 0 Å². The van der Waals surface area contributed by atoms with Gasteiger partial charge in [-0.3, -0.25) is 4.98 Å². The molecule has 3 N–H and O–H groups in total. The number of hydrogen-bond acceptors (Lipinski definition) is 3. The van der Waals surface area contributed by atoms with Gasteiger partial charge >= 0.3 is 0 Å². The van der Waals surface area contributed by atoms with Crippen molar-refractivity contribution in [1.29, 1.82) is 0 Å². The van der Waals surface area contributed by atoms with Crippen LogP contribution in [0.1, 0.15) is 24.2 Å². The van der Waals surface area contributed by atoms with Gasteiger partial charge in [-0.25, -0.2) is 0 Å². The SMILES string of the molecule is CC(Nc1cccc(Cl)c1C(N)=S)c1ccccn1. The Hall–Kier alpha value is -1.65. The third kappa shape index (κ3) is 3.22. The third-order valence-electron chi connectivity index (χ3n) is 2.76. The fourth-order valence-corrected chi connectivity index (χ4v) is 2.39. The van der Waals surface area contributed by atoms with Crippen LogP contribution in [0.5, 0.6) is 0 Å². The minimum atomic E-state index is 0.0350. The maximum absolute atomic E-state index is 6.13. The zero-order valence-corrected chi connectivity index (χ0v) is 12.0. The first-order valence-electron chi connectivity index (χ1n) is 5.85. The molecule has 0 fully saturated rings. The average molecular weight is 292 g/mol. The van der Waals surface area contributed by atoms with Crippen molar-refractivity contribution in [3.05, 3.63) is 58.9 Å². The number of hydrogen-bond donors (Lipinski definition) is 2. The summed E-state index contributed by atoms with van der Waals surface area (Å²) >= 11 is 11.2. The van der Waals surface area contributed by atoms with Crippen molar-refractivity contribution in [2.24, 2.45) is 5.73 Å². The van der Waals surface area contributed by atoms with Crippen LogP contribution in [-0.2, 0) is 0 Å². The number of nitrogens with two attached hydrogens (primary N) is 1. The number of rotatable bonds is 4. The summed E-state index contributed by atoms with van der Waals surface area (Å²) in [7, 11) is 0. The molecule has 1 heterocycles. The predicted molar refractivity (Wildman–Crippen MR) is 83.6 cm³/mol. The topological polar surface area (TPSA) is 50.9 Å². The Morgan fingerprint density at radius 1 is 1.32 bits per heavy atom. The molecule has 1 aromatic carbocycles. The molecule has 2 aromatic rings. The van der Waals surface area contributed by atoms with Crippen LogP contribution in [0.15, 0.2) is 42.6 Å². The summed E-state index contributed by atoms with van der Waals surface area (Å²) in [5.41, 5.74) is 8.15. The van der Waals surface area contributed by atoms with Gasteiger partial charge in [-0.15, -0.1) is 0 Å². The molecule has 0 aliphatic carbocycles. The number of halogens is 1. The normalized spacial score (nSPS) is 11.9. The van der Waals surface area contributed by atoms with Gasteiger partial charge in [0.25, 0.3) is 0 Å². The molecule has 0 spiro atoms. The van der Waals surface area contributed by atoms with Gasteiger partial charge in [0.2, 0.25) is 0 Å². The fraction of sp³-hybridized carbons (Fsp3) is 0.143. The summed E-state index contributed by atoms with van der Waals surface area (Å²) in [5.74, 6) is 0. The minimum Gasteiger partial charge on any atom is -0.389 e. The molecule has 19 heavy (non-hydrogen) atoms. The molecule has 1 atom stereocenters. The summed E-state index contributed by atoms with van der Waals surface area (Å²) in [6, 6.07) is 11.4. The first kappa shape index (κ1) is 13.8.